The summed E-state index contributed by atoms with van der Waals surface area (Å²) < 4.78 is 0.204. The summed E-state index contributed by atoms with van der Waals surface area (Å²) in [7, 11) is 0. The van der Waals surface area contributed by atoms with Crippen LogP contribution in [-0.4, -0.2) is 27.8 Å². The minimum atomic E-state index is -0.878. The maximum atomic E-state index is 12.0. The van der Waals surface area contributed by atoms with Gasteiger partial charge in [-0.15, -0.1) is 10.2 Å². The Hall–Kier alpha value is -1.50. The Balaban J connectivity index is 2.22. The molecule has 0 aliphatic carbocycles. The Morgan fingerprint density at radius 1 is 1.42 bits per heavy atom. The van der Waals surface area contributed by atoms with E-state index in [9.17, 15) is 9.90 Å². The number of hydrogen-bond acceptors (Lipinski definition) is 5. The molecular formula is C12H12ClN3O2S. The van der Waals surface area contributed by atoms with Gasteiger partial charge in [0.25, 0.3) is 5.91 Å². The SMILES string of the molecule is CC(CO)(NC(=O)c1nnc(Cl)s1)c1ccccc1. The van der Waals surface area contributed by atoms with Crippen molar-refractivity contribution in [1.29, 1.82) is 0 Å². The number of carbonyl (C=O) groups is 1. The van der Waals surface area contributed by atoms with Crippen molar-refractivity contribution >= 4 is 28.8 Å². The van der Waals surface area contributed by atoms with Crippen LogP contribution in [0.15, 0.2) is 30.3 Å². The van der Waals surface area contributed by atoms with Gasteiger partial charge in [-0.1, -0.05) is 41.7 Å². The van der Waals surface area contributed by atoms with Crippen LogP contribution in [0.5, 0.6) is 0 Å². The molecule has 5 nitrogen and oxygen atoms in total. The molecule has 0 fully saturated rings. The fraction of sp³-hybridized carbons (Fsp3) is 0.250. The first kappa shape index (κ1) is 13.9. The normalized spacial score (nSPS) is 13.8. The molecule has 100 valence electrons. The van der Waals surface area contributed by atoms with E-state index in [1.165, 1.54) is 0 Å². The van der Waals surface area contributed by atoms with Crippen LogP contribution in [0, 0.1) is 0 Å². The summed E-state index contributed by atoms with van der Waals surface area (Å²) in [4.78, 5) is 12.0. The number of benzene rings is 1. The second-order valence-corrected chi connectivity index (χ2v) is 5.73. The average Bonchev–Trinajstić information content (AvgIpc) is 2.86. The van der Waals surface area contributed by atoms with Gasteiger partial charge in [0.2, 0.25) is 9.47 Å². The van der Waals surface area contributed by atoms with Crippen LogP contribution in [0.25, 0.3) is 0 Å². The van der Waals surface area contributed by atoms with Crippen molar-refractivity contribution in [2.24, 2.45) is 0 Å². The first-order valence-electron chi connectivity index (χ1n) is 5.53. The third kappa shape index (κ3) is 3.09. The Labute approximate surface area is 119 Å². The monoisotopic (exact) mass is 297 g/mol. The van der Waals surface area contributed by atoms with Crippen molar-refractivity contribution in [2.45, 2.75) is 12.5 Å². The maximum absolute atomic E-state index is 12.0. The second-order valence-electron chi connectivity index (χ2n) is 4.17. The Kier molecular flexibility index (Phi) is 4.14. The summed E-state index contributed by atoms with van der Waals surface area (Å²) in [6.07, 6.45) is 0. The molecule has 2 rings (SSSR count). The number of nitrogens with zero attached hydrogens (tertiary/aromatic N) is 2. The van der Waals surface area contributed by atoms with Crippen LogP contribution < -0.4 is 5.32 Å². The largest absolute Gasteiger partial charge is 0.394 e. The summed E-state index contributed by atoms with van der Waals surface area (Å²) in [6.45, 7) is 1.51. The third-order valence-corrected chi connectivity index (χ3v) is 3.73. The lowest BCUT2D eigenvalue weighted by molar-refractivity contribution is 0.0848. The van der Waals surface area contributed by atoms with Crippen LogP contribution in [-0.2, 0) is 5.54 Å². The Morgan fingerprint density at radius 3 is 2.63 bits per heavy atom. The summed E-state index contributed by atoms with van der Waals surface area (Å²) in [5.74, 6) is -0.412. The van der Waals surface area contributed by atoms with E-state index in [2.05, 4.69) is 15.5 Å². The fourth-order valence-electron chi connectivity index (χ4n) is 1.61. The number of rotatable bonds is 4. The zero-order valence-corrected chi connectivity index (χ0v) is 11.7. The van der Waals surface area contributed by atoms with Gasteiger partial charge in [0.1, 0.15) is 0 Å². The minimum Gasteiger partial charge on any atom is -0.394 e. The van der Waals surface area contributed by atoms with E-state index in [0.717, 1.165) is 16.9 Å². The van der Waals surface area contributed by atoms with Gasteiger partial charge < -0.3 is 10.4 Å². The lowest BCUT2D eigenvalue weighted by Crippen LogP contribution is -2.46. The van der Waals surface area contributed by atoms with Crippen LogP contribution in [0.3, 0.4) is 0 Å². The maximum Gasteiger partial charge on any atom is 0.283 e. The lowest BCUT2D eigenvalue weighted by Gasteiger charge is -2.28. The third-order valence-electron chi connectivity index (χ3n) is 2.71. The van der Waals surface area contributed by atoms with Crippen molar-refractivity contribution in [3.63, 3.8) is 0 Å². The number of aromatic nitrogens is 2. The van der Waals surface area contributed by atoms with Crippen molar-refractivity contribution in [3.05, 3.63) is 45.4 Å². The van der Waals surface area contributed by atoms with E-state index in [-0.39, 0.29) is 16.1 Å². The molecule has 1 atom stereocenters. The van der Waals surface area contributed by atoms with E-state index in [1.54, 1.807) is 6.92 Å². The minimum absolute atomic E-state index is 0.167. The molecule has 2 aromatic rings. The van der Waals surface area contributed by atoms with Gasteiger partial charge in [-0.2, -0.15) is 0 Å². The van der Waals surface area contributed by atoms with E-state index in [0.29, 0.717) is 0 Å². The van der Waals surface area contributed by atoms with Gasteiger partial charge in [0.05, 0.1) is 12.1 Å². The van der Waals surface area contributed by atoms with Gasteiger partial charge in [-0.3, -0.25) is 4.79 Å². The highest BCUT2D eigenvalue weighted by Gasteiger charge is 2.29. The molecule has 0 spiro atoms. The van der Waals surface area contributed by atoms with Crippen molar-refractivity contribution < 1.29 is 9.90 Å². The molecule has 1 amide bonds. The summed E-state index contributed by atoms with van der Waals surface area (Å²) in [6, 6.07) is 9.23. The van der Waals surface area contributed by atoms with Crippen molar-refractivity contribution in [3.8, 4) is 0 Å². The highest BCUT2D eigenvalue weighted by Crippen LogP contribution is 2.22. The molecule has 0 radical (unpaired) electrons. The smallest absolute Gasteiger partial charge is 0.283 e. The highest BCUT2D eigenvalue weighted by molar-refractivity contribution is 7.17. The van der Waals surface area contributed by atoms with Crippen LogP contribution in [0.1, 0.15) is 22.3 Å². The molecule has 1 heterocycles. The molecule has 0 saturated carbocycles. The summed E-state index contributed by atoms with van der Waals surface area (Å²) in [5, 5.41) is 19.7. The number of carbonyl (C=O) groups excluding carboxylic acids is 1. The Bertz CT molecular complexity index is 575. The Morgan fingerprint density at radius 2 is 2.11 bits per heavy atom. The zero-order chi connectivity index (χ0) is 13.9. The predicted molar refractivity (Wildman–Crippen MR) is 73.3 cm³/mol. The number of hydrogen-bond donors (Lipinski definition) is 2. The van der Waals surface area contributed by atoms with E-state index >= 15 is 0 Å². The van der Waals surface area contributed by atoms with Crippen molar-refractivity contribution in [1.82, 2.24) is 15.5 Å². The number of nitrogens with one attached hydrogen (secondary N) is 1. The molecule has 0 aliphatic heterocycles. The predicted octanol–water partition coefficient (Wildman–Crippen LogP) is 1.83. The average molecular weight is 298 g/mol. The molecule has 19 heavy (non-hydrogen) atoms. The molecule has 0 aliphatic rings. The standard InChI is InChI=1S/C12H12ClN3O2S/c1-12(7-17,8-5-3-2-4-6-8)14-9(18)10-15-16-11(13)19-10/h2-6,17H,7H2,1H3,(H,14,18). The topological polar surface area (TPSA) is 75.1 Å². The van der Waals surface area contributed by atoms with E-state index in [4.69, 9.17) is 11.6 Å². The first-order chi connectivity index (χ1) is 9.05. The highest BCUT2D eigenvalue weighted by atomic mass is 35.5. The molecular weight excluding hydrogens is 286 g/mol. The van der Waals surface area contributed by atoms with Crippen LogP contribution in [0.4, 0.5) is 0 Å². The van der Waals surface area contributed by atoms with Gasteiger partial charge in [0, 0.05) is 0 Å². The van der Waals surface area contributed by atoms with Gasteiger partial charge in [0.15, 0.2) is 0 Å². The van der Waals surface area contributed by atoms with Gasteiger partial charge in [-0.25, -0.2) is 0 Å². The number of amides is 1. The molecule has 1 aromatic heterocycles. The quantitative estimate of drug-likeness (QED) is 0.903. The first-order valence-corrected chi connectivity index (χ1v) is 6.72. The molecule has 1 unspecified atom stereocenters. The summed E-state index contributed by atoms with van der Waals surface area (Å²) in [5.41, 5.74) is -0.0716. The fourth-order valence-corrected chi connectivity index (χ4v) is 2.33. The second kappa shape index (κ2) is 5.64. The van der Waals surface area contributed by atoms with Crippen LogP contribution in [0.2, 0.25) is 4.47 Å². The lowest BCUT2D eigenvalue weighted by atomic mass is 9.93. The number of aliphatic hydroxyl groups is 1. The zero-order valence-electron chi connectivity index (χ0n) is 10.1. The molecule has 0 saturated heterocycles. The van der Waals surface area contributed by atoms with Crippen molar-refractivity contribution in [2.75, 3.05) is 6.61 Å². The number of halogens is 1. The summed E-state index contributed by atoms with van der Waals surface area (Å²) >= 11 is 6.63. The van der Waals surface area contributed by atoms with Gasteiger partial charge in [-0.05, 0) is 24.1 Å². The molecule has 7 heteroatoms. The van der Waals surface area contributed by atoms with E-state index in [1.807, 2.05) is 30.3 Å². The molecule has 2 N–H and O–H groups in total. The number of aliphatic hydroxyl groups excluding tert-OH is 1. The molecule has 0 bridgehead atoms. The van der Waals surface area contributed by atoms with Gasteiger partial charge >= 0.3 is 0 Å². The van der Waals surface area contributed by atoms with E-state index < -0.39 is 11.4 Å². The van der Waals surface area contributed by atoms with Crippen LogP contribution >= 0.6 is 22.9 Å². The molecule has 1 aromatic carbocycles.